The van der Waals surface area contributed by atoms with E-state index in [0.717, 1.165) is 12.8 Å². The monoisotopic (exact) mass is 849 g/mol. The van der Waals surface area contributed by atoms with Crippen LogP contribution in [0.4, 0.5) is 0 Å². The van der Waals surface area contributed by atoms with Gasteiger partial charge in [0.2, 0.25) is 0 Å². The van der Waals surface area contributed by atoms with Crippen LogP contribution < -0.4 is 0 Å². The first-order valence-corrected chi connectivity index (χ1v) is 37.4. The Balaban J connectivity index is 1.38. The summed E-state index contributed by atoms with van der Waals surface area (Å²) in [6.07, 6.45) is 17.9. The second-order valence-electron chi connectivity index (χ2n) is 18.8. The van der Waals surface area contributed by atoms with Crippen LogP contribution in [0.25, 0.3) is 34.4 Å². The fourth-order valence-corrected chi connectivity index (χ4v) is 43.0. The molecule has 0 heterocycles. The van der Waals surface area contributed by atoms with E-state index in [1.54, 1.807) is 11.1 Å². The van der Waals surface area contributed by atoms with Crippen LogP contribution in [0, 0.1) is 38.5 Å². The van der Waals surface area contributed by atoms with Gasteiger partial charge in [-0.15, -0.1) is 0 Å². The number of rotatable bonds is 11. The first-order valence-electron chi connectivity index (χ1n) is 21.1. The minimum atomic E-state index is -5.01. The van der Waals surface area contributed by atoms with Crippen molar-refractivity contribution in [2.75, 3.05) is 0 Å². The maximum absolute atomic E-state index is 9.11. The van der Waals surface area contributed by atoms with E-state index in [4.69, 9.17) is 17.0 Å². The van der Waals surface area contributed by atoms with Crippen molar-refractivity contribution >= 4 is 35.1 Å². The van der Waals surface area contributed by atoms with Crippen LogP contribution in [0.5, 0.6) is 0 Å². The molecule has 0 aliphatic heterocycles. The molecule has 2 unspecified atom stereocenters. The summed E-state index contributed by atoms with van der Waals surface area (Å²) in [5.41, 5.74) is 20.0. The number of benzene rings is 4. The second kappa shape index (κ2) is 14.1. The Labute approximate surface area is 335 Å². The van der Waals surface area contributed by atoms with Crippen molar-refractivity contribution in [3.05, 3.63) is 128 Å². The molecule has 0 bridgehead atoms. The Morgan fingerprint density at radius 3 is 1.26 bits per heavy atom. The zero-order valence-corrected chi connectivity index (χ0v) is 39.3. The van der Waals surface area contributed by atoms with Crippen LogP contribution in [-0.4, -0.2) is 5.92 Å². The Hall–Kier alpha value is -1.96. The van der Waals surface area contributed by atoms with Gasteiger partial charge in [0.05, 0.1) is 0 Å². The minimum absolute atomic E-state index is 0.120. The fourth-order valence-electron chi connectivity index (χ4n) is 11.7. The molecule has 8 rings (SSSR count). The summed E-state index contributed by atoms with van der Waals surface area (Å²) in [6, 6.07) is 28.3. The molecule has 4 aromatic rings. The average molecular weight is 852 g/mol. The third-order valence-electron chi connectivity index (χ3n) is 15.1. The van der Waals surface area contributed by atoms with Crippen molar-refractivity contribution in [2.24, 2.45) is 10.8 Å². The first-order chi connectivity index (χ1) is 25.7. The zero-order chi connectivity index (χ0) is 38.2. The third kappa shape index (κ3) is 6.32. The molecule has 0 aromatic heterocycles. The number of aryl methyl sites for hydroxylation is 4. The van der Waals surface area contributed by atoms with Gasteiger partial charge in [0, 0.05) is 0 Å². The van der Waals surface area contributed by atoms with E-state index in [2.05, 4.69) is 140 Å². The SMILES string of the molecule is CCC1(CC2=Cc3c(-c4cc(C)cc(C)c4)cccc3[CH]2[Zr]([Cl])([Cl])([CH]2C(CC3(CC)CCC3)=Cc3c(-c4cc(C)cc(C)c4)cccc32)[SiH](C)C)CCC1. The van der Waals surface area contributed by atoms with E-state index in [-0.39, 0.29) is 7.25 Å². The molecule has 0 spiro atoms. The quantitative estimate of drug-likeness (QED) is 0.132. The molecule has 54 heavy (non-hydrogen) atoms. The predicted molar refractivity (Wildman–Crippen MR) is 237 cm³/mol. The number of halogens is 2. The predicted octanol–water partition coefficient (Wildman–Crippen LogP) is 15.8. The van der Waals surface area contributed by atoms with Crippen molar-refractivity contribution < 1.29 is 15.6 Å². The summed E-state index contributed by atoms with van der Waals surface area (Å²) >= 11 is -5.01. The van der Waals surface area contributed by atoms with Crippen molar-refractivity contribution in [3.63, 3.8) is 0 Å². The van der Waals surface area contributed by atoms with E-state index in [1.807, 2.05) is 0 Å². The van der Waals surface area contributed by atoms with Gasteiger partial charge >= 0.3 is 338 Å². The van der Waals surface area contributed by atoms with Crippen molar-refractivity contribution in [1.82, 2.24) is 0 Å². The molecular formula is C50H61Cl2SiZr. The molecule has 4 aromatic carbocycles. The first kappa shape index (κ1) is 38.9. The van der Waals surface area contributed by atoms with Gasteiger partial charge in [0.25, 0.3) is 0 Å². The van der Waals surface area contributed by atoms with E-state index >= 15 is 0 Å². The summed E-state index contributed by atoms with van der Waals surface area (Å²) in [5, 5.41) is 0. The van der Waals surface area contributed by atoms with Gasteiger partial charge in [-0.2, -0.15) is 0 Å². The third-order valence-corrected chi connectivity index (χ3v) is 66.9. The van der Waals surface area contributed by atoms with Crippen LogP contribution in [0.3, 0.4) is 0 Å². The zero-order valence-electron chi connectivity index (χ0n) is 34.1. The van der Waals surface area contributed by atoms with Gasteiger partial charge in [-0.05, 0) is 0 Å². The summed E-state index contributed by atoms with van der Waals surface area (Å²) in [5.74, 6) is -1.70. The van der Waals surface area contributed by atoms with Crippen LogP contribution in [0.1, 0.15) is 130 Å². The van der Waals surface area contributed by atoms with Crippen molar-refractivity contribution in [2.45, 2.75) is 126 Å². The molecule has 4 aliphatic rings. The molecular weight excluding hydrogens is 791 g/mol. The molecule has 4 aliphatic carbocycles. The normalized spacial score (nSPS) is 21.7. The number of hydrogen-bond acceptors (Lipinski definition) is 0. The van der Waals surface area contributed by atoms with Gasteiger partial charge < -0.3 is 0 Å². The molecule has 0 amide bonds. The standard InChI is InChI=1S/2C24H27.C2H7Si.2ClH.Zr/c2*1-4-24(9-6-10-24)16-19-14-20-7-5-8-22(23(20)15-19)21-12-17(2)11-18(3)13-21;1-3-2;;;/h2*5,7-8,11-15H,4,6,9-10,16H2,1-3H3;3H,1-2H3;2*1H;/q;;;;;+2/p-2. The number of hydrogen-bond donors (Lipinski definition) is 0. The van der Waals surface area contributed by atoms with E-state index in [9.17, 15) is 0 Å². The summed E-state index contributed by atoms with van der Waals surface area (Å²) in [7, 11) is 18.2. The summed E-state index contributed by atoms with van der Waals surface area (Å²) in [4.78, 5) is 0. The van der Waals surface area contributed by atoms with Crippen LogP contribution in [-0.2, 0) is 15.6 Å². The van der Waals surface area contributed by atoms with Crippen molar-refractivity contribution in [1.29, 1.82) is 0 Å². The van der Waals surface area contributed by atoms with E-state index < -0.39 is 21.5 Å². The van der Waals surface area contributed by atoms with Crippen molar-refractivity contribution in [3.8, 4) is 22.3 Å². The Morgan fingerprint density at radius 1 is 0.593 bits per heavy atom. The Bertz CT molecular complexity index is 2000. The molecule has 2 saturated carbocycles. The molecule has 0 saturated heterocycles. The fraction of sp³-hybridized carbons (Fsp3) is 0.440. The van der Waals surface area contributed by atoms with Gasteiger partial charge in [0.1, 0.15) is 0 Å². The van der Waals surface area contributed by atoms with Gasteiger partial charge in [-0.25, -0.2) is 0 Å². The second-order valence-corrected chi connectivity index (χ2v) is 61.3. The molecule has 2 fully saturated rings. The van der Waals surface area contributed by atoms with Crippen LogP contribution in [0.2, 0.25) is 13.1 Å². The van der Waals surface area contributed by atoms with E-state index in [1.165, 1.54) is 118 Å². The Kier molecular flexibility index (Phi) is 10.2. The molecule has 283 valence electrons. The van der Waals surface area contributed by atoms with Gasteiger partial charge in [-0.3, -0.25) is 0 Å². The maximum atomic E-state index is 9.11. The molecule has 0 radical (unpaired) electrons. The van der Waals surface area contributed by atoms with E-state index in [0.29, 0.717) is 10.8 Å². The molecule has 4 heteroatoms. The number of allylic oxidation sites excluding steroid dienone is 2. The van der Waals surface area contributed by atoms with Gasteiger partial charge in [-0.1, -0.05) is 0 Å². The number of fused-ring (bicyclic) bond motifs is 2. The van der Waals surface area contributed by atoms with Crippen LogP contribution >= 0.6 is 17.0 Å². The van der Waals surface area contributed by atoms with Crippen LogP contribution in [0.15, 0.2) is 83.9 Å². The Morgan fingerprint density at radius 2 is 0.963 bits per heavy atom. The topological polar surface area (TPSA) is 0 Å². The molecule has 0 nitrogen and oxygen atoms in total. The average Bonchev–Trinajstić information content (AvgIpc) is 3.66. The van der Waals surface area contributed by atoms with Gasteiger partial charge in [0.15, 0.2) is 0 Å². The summed E-state index contributed by atoms with van der Waals surface area (Å²) < 4.78 is 0.240. The molecule has 0 N–H and O–H groups in total. The summed E-state index contributed by atoms with van der Waals surface area (Å²) in [6.45, 7) is 18.8. The molecule has 2 atom stereocenters.